The monoisotopic (exact) mass is 663 g/mol. The molecule has 4 bridgehead atoms. The quantitative estimate of drug-likeness (QED) is 0.173. The van der Waals surface area contributed by atoms with Crippen molar-refractivity contribution in [3.05, 3.63) is 66.7 Å². The summed E-state index contributed by atoms with van der Waals surface area (Å²) in [6.45, 7) is 6.70. The molecule has 4 aliphatic rings. The normalized spacial score (nSPS) is 24.0. The highest BCUT2D eigenvalue weighted by Crippen LogP contribution is 2.55. The molecule has 1 N–H and O–H groups in total. The highest BCUT2D eigenvalue weighted by molar-refractivity contribution is 7.90. The van der Waals surface area contributed by atoms with Gasteiger partial charge in [0.1, 0.15) is 6.61 Å². The van der Waals surface area contributed by atoms with Crippen LogP contribution in [0.15, 0.2) is 71.9 Å². The maximum Gasteiger partial charge on any atom is 0.261 e. The van der Waals surface area contributed by atoms with Crippen molar-refractivity contribution in [2.75, 3.05) is 26.1 Å². The van der Waals surface area contributed by atoms with Gasteiger partial charge in [0.15, 0.2) is 6.61 Å². The Morgan fingerprint density at radius 2 is 1.35 bits per heavy atom. The van der Waals surface area contributed by atoms with Gasteiger partial charge in [-0.3, -0.25) is 4.79 Å². The number of sulfone groups is 1. The van der Waals surface area contributed by atoms with Gasteiger partial charge in [-0.25, -0.2) is 8.42 Å². The Hall–Kier alpha value is -3.28. The number of rotatable bonds is 12. The lowest BCUT2D eigenvalue weighted by Crippen LogP contribution is -2.66. The number of nitrogens with zero attached hydrogens (tertiary/aromatic N) is 2. The summed E-state index contributed by atoms with van der Waals surface area (Å²) < 4.78 is 43.5. The number of hydrogen-bond donors (Lipinski definition) is 1. The zero-order valence-corrected chi connectivity index (χ0v) is 29.0. The molecule has 0 unspecified atom stereocenters. The fraction of sp³-hybridized carbons (Fsp3) is 0.514. The van der Waals surface area contributed by atoms with E-state index in [0.29, 0.717) is 17.8 Å². The molecule has 0 saturated heterocycles. The topological polar surface area (TPSA) is 117 Å². The molecule has 246 valence electrons. The van der Waals surface area contributed by atoms with Crippen molar-refractivity contribution in [3.63, 3.8) is 0 Å². The molecule has 0 atom stereocenters. The number of nitrogens with one attached hydrogen (secondary N) is 1. The fourth-order valence-corrected chi connectivity index (χ4v) is 13.6. The van der Waals surface area contributed by atoms with Gasteiger partial charge in [0.25, 0.3) is 19.4 Å². The molecule has 11 heteroatoms. The molecule has 0 radical (unpaired) electrons. The summed E-state index contributed by atoms with van der Waals surface area (Å²) in [5, 5.41) is 4.96. The van der Waals surface area contributed by atoms with Crippen molar-refractivity contribution in [1.82, 2.24) is 15.3 Å². The molecule has 1 heterocycles. The van der Waals surface area contributed by atoms with Gasteiger partial charge in [-0.15, -0.1) is 0 Å². The van der Waals surface area contributed by atoms with E-state index in [-0.39, 0.29) is 48.1 Å². The van der Waals surface area contributed by atoms with Crippen LogP contribution in [0.3, 0.4) is 0 Å². The first-order valence-electron chi connectivity index (χ1n) is 16.3. The van der Waals surface area contributed by atoms with Crippen molar-refractivity contribution < 1.29 is 27.1 Å². The maximum atomic E-state index is 13.0. The van der Waals surface area contributed by atoms with E-state index in [4.69, 9.17) is 13.9 Å². The first-order valence-corrected chi connectivity index (χ1v) is 20.1. The Morgan fingerprint density at radius 1 is 0.848 bits per heavy atom. The van der Waals surface area contributed by atoms with E-state index < -0.39 is 23.3 Å². The predicted molar refractivity (Wildman–Crippen MR) is 179 cm³/mol. The number of amides is 1. The van der Waals surface area contributed by atoms with Crippen LogP contribution in [0.5, 0.6) is 11.8 Å². The number of hydrogen-bond acceptors (Lipinski definition) is 8. The summed E-state index contributed by atoms with van der Waals surface area (Å²) in [4.78, 5) is 21.3. The van der Waals surface area contributed by atoms with E-state index in [1.165, 1.54) is 25.3 Å². The van der Waals surface area contributed by atoms with Gasteiger partial charge < -0.3 is 19.2 Å². The van der Waals surface area contributed by atoms with E-state index in [2.05, 4.69) is 60.3 Å². The highest BCUT2D eigenvalue weighted by Gasteiger charge is 2.52. The van der Waals surface area contributed by atoms with Gasteiger partial charge in [-0.1, -0.05) is 81.4 Å². The molecular weight excluding hydrogens is 619 g/mol. The van der Waals surface area contributed by atoms with Crippen molar-refractivity contribution in [3.8, 4) is 11.8 Å². The van der Waals surface area contributed by atoms with Gasteiger partial charge >= 0.3 is 0 Å². The lowest BCUT2D eigenvalue weighted by Gasteiger charge is -2.56. The zero-order valence-electron chi connectivity index (χ0n) is 27.2. The molecule has 46 heavy (non-hydrogen) atoms. The number of carbonyl (C=O) groups is 1. The molecule has 0 spiro atoms. The lowest BCUT2D eigenvalue weighted by atomic mass is 9.53. The first-order chi connectivity index (χ1) is 21.9. The number of benzene rings is 2. The van der Waals surface area contributed by atoms with E-state index in [9.17, 15) is 13.2 Å². The lowest BCUT2D eigenvalue weighted by molar-refractivity contribution is -0.128. The number of aromatic nitrogens is 2. The summed E-state index contributed by atoms with van der Waals surface area (Å²) >= 11 is 0. The minimum absolute atomic E-state index is 0.0287. The standard InChI is InChI=1S/C35H45N3O6SSi/c1-34(2,3)46(28-11-7-5-8-12-28,29-13-9-6-10-14-29)44-16-15-42-31-20-32(37-33(36-31)45(4,40)41)43-24-30(39)38-35-21-25-17-26(22-35)19-27(18-25)23-35/h5-14,20,25-27H,15-19,21-24H2,1-4H3,(H,38,39). The van der Waals surface area contributed by atoms with Gasteiger partial charge in [-0.2, -0.15) is 9.97 Å². The summed E-state index contributed by atoms with van der Waals surface area (Å²) in [6.07, 6.45) is 7.98. The van der Waals surface area contributed by atoms with Crippen LogP contribution >= 0.6 is 0 Å². The maximum absolute atomic E-state index is 13.0. The second-order valence-corrected chi connectivity index (χ2v) is 20.7. The minimum Gasteiger partial charge on any atom is -0.475 e. The summed E-state index contributed by atoms with van der Waals surface area (Å²) in [7, 11) is -6.55. The fourth-order valence-electron chi connectivity index (χ4n) is 8.54. The van der Waals surface area contributed by atoms with Crippen molar-refractivity contribution in [1.29, 1.82) is 0 Å². The molecule has 0 aliphatic heterocycles. The number of ether oxygens (including phenoxy) is 2. The van der Waals surface area contributed by atoms with Gasteiger partial charge in [0.05, 0.1) is 12.7 Å². The first kappa shape index (κ1) is 32.6. The van der Waals surface area contributed by atoms with E-state index in [1.54, 1.807) is 0 Å². The molecule has 4 aliphatic carbocycles. The summed E-state index contributed by atoms with van der Waals surface area (Å²) in [5.74, 6) is 1.89. The third-order valence-electron chi connectivity index (χ3n) is 9.85. The van der Waals surface area contributed by atoms with E-state index in [1.807, 2.05) is 36.4 Å². The summed E-state index contributed by atoms with van der Waals surface area (Å²) in [5.41, 5.74) is -0.141. The Labute approximate surface area is 273 Å². The number of carbonyl (C=O) groups excluding carboxylic acids is 1. The molecule has 1 amide bonds. The van der Waals surface area contributed by atoms with Crippen LogP contribution in [0.25, 0.3) is 0 Å². The second-order valence-electron chi connectivity index (χ2n) is 14.5. The third-order valence-corrected chi connectivity index (χ3v) is 15.7. The molecule has 3 aromatic rings. The van der Waals surface area contributed by atoms with E-state index >= 15 is 0 Å². The van der Waals surface area contributed by atoms with Gasteiger partial charge in [0, 0.05) is 11.8 Å². The Morgan fingerprint density at radius 3 is 1.83 bits per heavy atom. The van der Waals surface area contributed by atoms with Gasteiger partial charge in [0.2, 0.25) is 21.6 Å². The van der Waals surface area contributed by atoms with Crippen molar-refractivity contribution in [2.45, 2.75) is 75.0 Å². The SMILES string of the molecule is CC(C)(C)[Si](OCCOc1cc(OCC(=O)NC23CC4CC(CC(C4)C2)C3)nc(S(C)(=O)=O)n1)(c1ccccc1)c1ccccc1. The van der Waals surface area contributed by atoms with Crippen molar-refractivity contribution >= 4 is 34.4 Å². The van der Waals surface area contributed by atoms with Crippen LogP contribution in [0.2, 0.25) is 5.04 Å². The Bertz CT molecular complexity index is 1570. The molecular formula is C35H45N3O6SSi. The van der Waals surface area contributed by atoms with Gasteiger partial charge in [-0.05, 0) is 71.7 Å². The molecule has 4 saturated carbocycles. The smallest absolute Gasteiger partial charge is 0.261 e. The predicted octanol–water partition coefficient (Wildman–Crippen LogP) is 4.30. The molecule has 1 aromatic heterocycles. The zero-order chi connectivity index (χ0) is 32.6. The highest BCUT2D eigenvalue weighted by atomic mass is 32.2. The van der Waals surface area contributed by atoms with Crippen LogP contribution in [-0.2, 0) is 19.1 Å². The second kappa shape index (κ2) is 12.7. The van der Waals surface area contributed by atoms with E-state index in [0.717, 1.165) is 35.9 Å². The Kier molecular flexibility index (Phi) is 9.03. The third kappa shape index (κ3) is 6.87. The van der Waals surface area contributed by atoms with Crippen LogP contribution in [0.1, 0.15) is 59.3 Å². The molecule has 2 aromatic carbocycles. The van der Waals surface area contributed by atoms with Crippen LogP contribution < -0.4 is 25.2 Å². The molecule has 7 rings (SSSR count). The largest absolute Gasteiger partial charge is 0.475 e. The average Bonchev–Trinajstić information content (AvgIpc) is 2.99. The average molecular weight is 664 g/mol. The molecule has 9 nitrogen and oxygen atoms in total. The Balaban J connectivity index is 1.14. The minimum atomic E-state index is -3.78. The van der Waals surface area contributed by atoms with Crippen LogP contribution in [-0.4, -0.2) is 64.2 Å². The van der Waals surface area contributed by atoms with Crippen LogP contribution in [0, 0.1) is 17.8 Å². The molecule has 4 fully saturated rings. The van der Waals surface area contributed by atoms with Crippen molar-refractivity contribution in [2.24, 2.45) is 17.8 Å². The van der Waals surface area contributed by atoms with Crippen LogP contribution in [0.4, 0.5) is 0 Å². The summed E-state index contributed by atoms with van der Waals surface area (Å²) in [6, 6.07) is 22.0.